The number of carbonyl (C=O) groups is 2. The smallest absolute Gasteiger partial charge is 0.339 e. The van der Waals surface area contributed by atoms with E-state index < -0.39 is 23.3 Å². The van der Waals surface area contributed by atoms with E-state index >= 15 is 0 Å². The van der Waals surface area contributed by atoms with Crippen LogP contribution in [0.15, 0.2) is 59.8 Å². The maximum Gasteiger partial charge on any atom is 0.339 e. The molecule has 0 amide bonds. The van der Waals surface area contributed by atoms with Gasteiger partial charge in [-0.2, -0.15) is 5.26 Å². The number of allylic oxidation sites excluding steroid dienone is 2. The van der Waals surface area contributed by atoms with Crippen molar-refractivity contribution in [2.75, 3.05) is 6.61 Å². The number of benzene rings is 2. The number of ether oxygens (including phenoxy) is 1. The molecule has 9 heteroatoms. The number of aromatic nitrogens is 1. The van der Waals surface area contributed by atoms with Gasteiger partial charge in [0.05, 0.1) is 21.7 Å². The first-order valence-electron chi connectivity index (χ1n) is 11.2. The van der Waals surface area contributed by atoms with Crippen molar-refractivity contribution in [1.82, 2.24) is 4.98 Å². The lowest BCUT2D eigenvalue weighted by Gasteiger charge is -2.22. The van der Waals surface area contributed by atoms with Gasteiger partial charge in [-0.1, -0.05) is 30.3 Å². The first-order chi connectivity index (χ1) is 17.3. The van der Waals surface area contributed by atoms with Crippen LogP contribution >= 0.6 is 0 Å². The van der Waals surface area contributed by atoms with Crippen LogP contribution in [0.1, 0.15) is 46.9 Å². The highest BCUT2D eigenvalue weighted by molar-refractivity contribution is 6.08. The molecule has 9 nitrogen and oxygen atoms in total. The minimum atomic E-state index is -0.693. The number of para-hydroxylation sites is 1. The van der Waals surface area contributed by atoms with E-state index in [2.05, 4.69) is 0 Å². The molecule has 1 aromatic heterocycles. The zero-order chi connectivity index (χ0) is 25.8. The number of nitro benzene ring substituents is 1. The van der Waals surface area contributed by atoms with Gasteiger partial charge in [0.2, 0.25) is 5.78 Å². The predicted octanol–water partition coefficient (Wildman–Crippen LogP) is 4.50. The second kappa shape index (κ2) is 10.2. The van der Waals surface area contributed by atoms with Gasteiger partial charge in [0.25, 0.3) is 5.69 Å². The van der Waals surface area contributed by atoms with Gasteiger partial charge in [-0.25, -0.2) is 9.78 Å². The summed E-state index contributed by atoms with van der Waals surface area (Å²) in [6, 6.07) is 15.2. The molecule has 0 bridgehead atoms. The molecule has 3 aromatic rings. The minimum absolute atomic E-state index is 0.0145. The molecule has 0 spiro atoms. The summed E-state index contributed by atoms with van der Waals surface area (Å²) in [5, 5.41) is 20.9. The average molecular weight is 482 g/mol. The van der Waals surface area contributed by atoms with Crippen LogP contribution in [0, 0.1) is 21.4 Å². The molecule has 0 radical (unpaired) electrons. The average Bonchev–Trinajstić information content (AvgIpc) is 2.86. The number of non-ortho nitro benzene ring substituents is 1. The number of Topliss-reactive ketones (excluding diaryl/α,β-unsaturated/α-hetero) is 1. The van der Waals surface area contributed by atoms with Crippen molar-refractivity contribution in [1.29, 1.82) is 5.26 Å². The maximum absolute atomic E-state index is 13.3. The van der Waals surface area contributed by atoms with Crippen LogP contribution in [-0.2, 0) is 16.0 Å². The molecular weight excluding hydrogens is 460 g/mol. The van der Waals surface area contributed by atoms with Gasteiger partial charge in [0.15, 0.2) is 6.61 Å². The van der Waals surface area contributed by atoms with E-state index in [1.54, 1.807) is 42.5 Å². The fraction of sp³-hybridized carbons (Fsp3) is 0.185. The van der Waals surface area contributed by atoms with Crippen molar-refractivity contribution in [3.05, 3.63) is 92.3 Å². The van der Waals surface area contributed by atoms with E-state index in [0.29, 0.717) is 46.1 Å². The third-order valence-corrected chi connectivity index (χ3v) is 5.92. The summed E-state index contributed by atoms with van der Waals surface area (Å²) in [6.45, 7) is 0.818. The molecule has 0 fully saturated rings. The van der Waals surface area contributed by atoms with Gasteiger partial charge in [-0.05, 0) is 55.0 Å². The molecule has 0 atom stereocenters. The number of nitrogens with two attached hydrogens (primary N) is 1. The molecule has 36 heavy (non-hydrogen) atoms. The monoisotopic (exact) mass is 482 g/mol. The van der Waals surface area contributed by atoms with E-state index in [1.807, 2.05) is 6.08 Å². The lowest BCUT2D eigenvalue weighted by Crippen LogP contribution is -2.20. The molecule has 4 rings (SSSR count). The summed E-state index contributed by atoms with van der Waals surface area (Å²) >= 11 is 0. The number of nitriles is 1. The molecule has 1 aliphatic rings. The molecule has 0 unspecified atom stereocenters. The van der Waals surface area contributed by atoms with Gasteiger partial charge in [0.1, 0.15) is 11.6 Å². The number of nitrogens with zero attached hydrogens (tertiary/aromatic N) is 3. The molecule has 2 N–H and O–H groups in total. The Morgan fingerprint density at radius 1 is 1.22 bits per heavy atom. The Kier molecular flexibility index (Phi) is 6.88. The summed E-state index contributed by atoms with van der Waals surface area (Å²) in [5.74, 6) is -1.37. The molecule has 1 heterocycles. The maximum atomic E-state index is 13.3. The Morgan fingerprint density at radius 2 is 2.00 bits per heavy atom. The zero-order valence-corrected chi connectivity index (χ0v) is 19.5. The zero-order valence-electron chi connectivity index (χ0n) is 19.5. The summed E-state index contributed by atoms with van der Waals surface area (Å²) < 4.78 is 5.34. The largest absolute Gasteiger partial charge is 0.454 e. The second-order valence-corrected chi connectivity index (χ2v) is 8.38. The second-order valence-electron chi connectivity index (χ2n) is 8.38. The highest BCUT2D eigenvalue weighted by Gasteiger charge is 2.27. The van der Waals surface area contributed by atoms with Crippen LogP contribution in [0.4, 0.5) is 5.69 Å². The van der Waals surface area contributed by atoms with E-state index in [4.69, 9.17) is 20.7 Å². The van der Waals surface area contributed by atoms with E-state index in [9.17, 15) is 19.7 Å². The Balaban J connectivity index is 1.78. The van der Waals surface area contributed by atoms with Crippen LogP contribution < -0.4 is 5.73 Å². The highest BCUT2D eigenvalue weighted by Crippen LogP contribution is 2.36. The standard InChI is InChI=1S/C27H22N4O5/c1-16(29)22(14-28)24(32)15-36-27(33)25-20-9-2-3-11-23(20)30-26-18(7-5-10-21(25)26)12-17-6-4-8-19(13-17)31(34)35/h2-4,6,8-9,11-13H,5,7,10,15,29H2,1H3/b18-12+,22-16+. The summed E-state index contributed by atoms with van der Waals surface area (Å²) in [7, 11) is 0. The number of pyridine rings is 1. The van der Waals surface area contributed by atoms with Crippen molar-refractivity contribution in [3.63, 3.8) is 0 Å². The van der Waals surface area contributed by atoms with Crippen LogP contribution in [0.3, 0.4) is 0 Å². The number of rotatable bonds is 6. The molecule has 0 saturated heterocycles. The Hall–Kier alpha value is -4.84. The number of hydrogen-bond donors (Lipinski definition) is 1. The molecule has 2 aromatic carbocycles. The fourth-order valence-corrected chi connectivity index (χ4v) is 4.28. The van der Waals surface area contributed by atoms with Gasteiger partial charge in [-0.3, -0.25) is 14.9 Å². The molecule has 0 aliphatic heterocycles. The summed E-state index contributed by atoms with van der Waals surface area (Å²) in [6.07, 6.45) is 3.84. The Morgan fingerprint density at radius 3 is 2.72 bits per heavy atom. The third-order valence-electron chi connectivity index (χ3n) is 5.92. The van der Waals surface area contributed by atoms with Gasteiger partial charge < -0.3 is 10.5 Å². The normalized spacial score (nSPS) is 14.5. The number of fused-ring (bicyclic) bond motifs is 2. The number of esters is 1. The van der Waals surface area contributed by atoms with E-state index in [0.717, 1.165) is 12.0 Å². The van der Waals surface area contributed by atoms with Crippen molar-refractivity contribution < 1.29 is 19.2 Å². The Labute approximate surface area is 206 Å². The van der Waals surface area contributed by atoms with Crippen LogP contribution in [0.5, 0.6) is 0 Å². The lowest BCUT2D eigenvalue weighted by atomic mass is 9.86. The lowest BCUT2D eigenvalue weighted by molar-refractivity contribution is -0.384. The topological polar surface area (TPSA) is 149 Å². The van der Waals surface area contributed by atoms with Crippen molar-refractivity contribution >= 4 is 40.0 Å². The summed E-state index contributed by atoms with van der Waals surface area (Å²) in [5.41, 5.74) is 9.10. The predicted molar refractivity (Wildman–Crippen MR) is 133 cm³/mol. The van der Waals surface area contributed by atoms with Crippen molar-refractivity contribution in [2.45, 2.75) is 26.2 Å². The number of carbonyl (C=O) groups excluding carboxylic acids is 2. The van der Waals surface area contributed by atoms with Crippen molar-refractivity contribution in [2.24, 2.45) is 5.73 Å². The highest BCUT2D eigenvalue weighted by atomic mass is 16.6. The molecule has 180 valence electrons. The summed E-state index contributed by atoms with van der Waals surface area (Å²) in [4.78, 5) is 41.2. The fourth-order valence-electron chi connectivity index (χ4n) is 4.28. The first kappa shape index (κ1) is 24.3. The van der Waals surface area contributed by atoms with Gasteiger partial charge in [0, 0.05) is 23.2 Å². The number of nitro groups is 1. The van der Waals surface area contributed by atoms with Crippen molar-refractivity contribution in [3.8, 4) is 6.07 Å². The molecule has 1 aliphatic carbocycles. The quantitative estimate of drug-likeness (QED) is 0.177. The molecule has 0 saturated carbocycles. The first-order valence-corrected chi connectivity index (χ1v) is 11.2. The Bertz CT molecular complexity index is 1510. The number of ketones is 1. The van der Waals surface area contributed by atoms with E-state index in [1.165, 1.54) is 19.1 Å². The van der Waals surface area contributed by atoms with Crippen LogP contribution in [0.2, 0.25) is 0 Å². The molecular formula is C27H22N4O5. The van der Waals surface area contributed by atoms with Gasteiger partial charge in [-0.15, -0.1) is 0 Å². The van der Waals surface area contributed by atoms with Gasteiger partial charge >= 0.3 is 5.97 Å². The number of hydrogen-bond acceptors (Lipinski definition) is 8. The minimum Gasteiger partial charge on any atom is -0.454 e. The van der Waals surface area contributed by atoms with Crippen LogP contribution in [-0.4, -0.2) is 28.3 Å². The van der Waals surface area contributed by atoms with Crippen LogP contribution in [0.25, 0.3) is 22.6 Å². The third kappa shape index (κ3) is 4.83. The SMILES string of the molecule is C/C(N)=C(/C#N)C(=O)COC(=O)c1c2c(nc3ccccc13)/C(=C/c1cccc([N+](=O)[O-])c1)CCC2. The van der Waals surface area contributed by atoms with E-state index in [-0.39, 0.29) is 17.0 Å².